The van der Waals surface area contributed by atoms with E-state index in [2.05, 4.69) is 188 Å². The van der Waals surface area contributed by atoms with Crippen molar-refractivity contribution >= 4 is 33.2 Å². The Morgan fingerprint density at radius 3 is 1.17 bits per heavy atom. The molecule has 1 aromatic heterocycles. The van der Waals surface area contributed by atoms with Gasteiger partial charge in [0.15, 0.2) is 0 Å². The van der Waals surface area contributed by atoms with Gasteiger partial charge in [-0.3, -0.25) is 0 Å². The van der Waals surface area contributed by atoms with Crippen LogP contribution in [0.5, 0.6) is 0 Å². The maximum atomic E-state index is 3.56. The van der Waals surface area contributed by atoms with E-state index in [0.29, 0.717) is 0 Å². The Morgan fingerprint density at radius 2 is 0.739 bits per heavy atom. The summed E-state index contributed by atoms with van der Waals surface area (Å²) in [5.41, 5.74) is 15.6. The van der Waals surface area contributed by atoms with Gasteiger partial charge >= 0.3 is 0 Å². The molecule has 46 heavy (non-hydrogen) atoms. The van der Waals surface area contributed by atoms with Gasteiger partial charge in [-0.2, -0.15) is 0 Å². The van der Waals surface area contributed by atoms with Gasteiger partial charge in [0.25, 0.3) is 0 Å². The summed E-state index contributed by atoms with van der Waals surface area (Å²) in [6, 6.07) is 59.0. The van der Waals surface area contributed by atoms with Crippen molar-refractivity contribution in [2.75, 3.05) is 5.32 Å². The molecule has 0 fully saturated rings. The van der Waals surface area contributed by atoms with Crippen LogP contribution in [0.25, 0.3) is 60.9 Å². The first-order valence-electron chi connectivity index (χ1n) is 15.8. The number of anilines is 2. The fourth-order valence-electron chi connectivity index (χ4n) is 6.48. The third-order valence-corrected chi connectivity index (χ3v) is 8.92. The van der Waals surface area contributed by atoms with Gasteiger partial charge in [-0.15, -0.1) is 0 Å². The van der Waals surface area contributed by atoms with Gasteiger partial charge in [-0.05, 0) is 108 Å². The summed E-state index contributed by atoms with van der Waals surface area (Å²) in [6.45, 7) is 4.33. The number of nitrogens with zero attached hydrogens (tertiary/aromatic N) is 1. The molecule has 0 unspecified atom stereocenters. The highest BCUT2D eigenvalue weighted by atomic mass is 15.0. The van der Waals surface area contributed by atoms with Crippen molar-refractivity contribution in [2.45, 2.75) is 13.8 Å². The van der Waals surface area contributed by atoms with Gasteiger partial charge in [0.2, 0.25) is 0 Å². The van der Waals surface area contributed by atoms with Gasteiger partial charge in [0, 0.05) is 27.8 Å². The molecule has 0 saturated heterocycles. The van der Waals surface area contributed by atoms with Gasteiger partial charge in [-0.25, -0.2) is 0 Å². The minimum absolute atomic E-state index is 1.07. The van der Waals surface area contributed by atoms with Crippen molar-refractivity contribution in [3.63, 3.8) is 0 Å². The Kier molecular flexibility index (Phi) is 6.96. The third-order valence-electron chi connectivity index (χ3n) is 8.92. The molecule has 0 bridgehead atoms. The molecule has 0 aliphatic carbocycles. The third kappa shape index (κ3) is 5.25. The second kappa shape index (κ2) is 11.6. The lowest BCUT2D eigenvalue weighted by Gasteiger charge is -2.11. The Balaban J connectivity index is 0.984. The van der Waals surface area contributed by atoms with Crippen LogP contribution in [0.2, 0.25) is 0 Å². The number of rotatable bonds is 6. The summed E-state index contributed by atoms with van der Waals surface area (Å²) in [5.74, 6) is 0. The summed E-state index contributed by atoms with van der Waals surface area (Å²) in [4.78, 5) is 0. The van der Waals surface area contributed by atoms with E-state index in [-0.39, 0.29) is 0 Å². The number of benzene rings is 7. The Labute approximate surface area is 270 Å². The fourth-order valence-corrected chi connectivity index (χ4v) is 6.48. The minimum Gasteiger partial charge on any atom is -0.356 e. The molecule has 0 spiro atoms. The molecule has 2 heteroatoms. The molecule has 0 amide bonds. The molecular weight excluding hydrogens is 556 g/mol. The second-order valence-corrected chi connectivity index (χ2v) is 12.1. The quantitative estimate of drug-likeness (QED) is 0.204. The summed E-state index contributed by atoms with van der Waals surface area (Å²) in [6.07, 6.45) is 0. The van der Waals surface area contributed by atoms with Gasteiger partial charge in [0.05, 0.1) is 11.0 Å². The second-order valence-electron chi connectivity index (χ2n) is 12.1. The van der Waals surface area contributed by atoms with Crippen LogP contribution >= 0.6 is 0 Å². The molecule has 2 nitrogen and oxygen atoms in total. The predicted molar refractivity (Wildman–Crippen MR) is 196 cm³/mol. The smallest absolute Gasteiger partial charge is 0.0541 e. The first-order valence-corrected chi connectivity index (χ1v) is 15.8. The van der Waals surface area contributed by atoms with E-state index in [4.69, 9.17) is 0 Å². The van der Waals surface area contributed by atoms with E-state index >= 15 is 0 Å². The average Bonchev–Trinajstić information content (AvgIpc) is 3.42. The van der Waals surface area contributed by atoms with Crippen LogP contribution in [0, 0.1) is 13.8 Å². The molecule has 0 radical (unpaired) electrons. The average molecular weight is 591 g/mol. The summed E-state index contributed by atoms with van der Waals surface area (Å²) in [5, 5.41) is 6.17. The zero-order valence-electron chi connectivity index (χ0n) is 26.0. The molecule has 1 N–H and O–H groups in total. The lowest BCUT2D eigenvalue weighted by Crippen LogP contribution is -1.94. The van der Waals surface area contributed by atoms with Crippen LogP contribution < -0.4 is 5.32 Å². The van der Waals surface area contributed by atoms with Crippen LogP contribution in [-0.2, 0) is 0 Å². The summed E-state index contributed by atoms with van der Waals surface area (Å²) in [7, 11) is 0. The van der Waals surface area contributed by atoms with Crippen molar-refractivity contribution in [2.24, 2.45) is 0 Å². The number of aryl methyl sites for hydroxylation is 2. The highest BCUT2D eigenvalue weighted by Gasteiger charge is 2.13. The van der Waals surface area contributed by atoms with E-state index in [1.54, 1.807) is 0 Å². The number of aromatic nitrogens is 1. The number of hydrogen-bond donors (Lipinski definition) is 1. The zero-order chi connectivity index (χ0) is 31.0. The monoisotopic (exact) mass is 590 g/mol. The lowest BCUT2D eigenvalue weighted by atomic mass is 10.0. The highest BCUT2D eigenvalue weighted by molar-refractivity contribution is 6.09. The van der Waals surface area contributed by atoms with Crippen LogP contribution in [0.3, 0.4) is 0 Å². The standard InChI is InChI=1S/C44H34N2/c1-30-8-26-43-41(28-30)42-29-31(2)9-27-44(42)46(43)40-24-18-37(19-25-40)36-16-22-39(23-17-36)45-38-20-14-35(15-21-38)34-12-10-33(11-13-34)32-6-4-3-5-7-32/h3-29,45H,1-2H3. The molecule has 0 saturated carbocycles. The van der Waals surface area contributed by atoms with Crippen LogP contribution in [0.4, 0.5) is 11.4 Å². The summed E-state index contributed by atoms with van der Waals surface area (Å²) < 4.78 is 2.38. The van der Waals surface area contributed by atoms with Crippen molar-refractivity contribution in [1.29, 1.82) is 0 Å². The molecule has 1 heterocycles. The first kappa shape index (κ1) is 27.7. The Bertz CT molecular complexity index is 2230. The molecule has 0 aliphatic heterocycles. The van der Waals surface area contributed by atoms with E-state index in [9.17, 15) is 0 Å². The van der Waals surface area contributed by atoms with Crippen molar-refractivity contribution in [1.82, 2.24) is 4.57 Å². The Hall–Kier alpha value is -5.86. The molecule has 0 atom stereocenters. The van der Waals surface area contributed by atoms with Crippen molar-refractivity contribution < 1.29 is 0 Å². The van der Waals surface area contributed by atoms with Gasteiger partial charge in [-0.1, -0.05) is 114 Å². The van der Waals surface area contributed by atoms with Gasteiger partial charge in [0.1, 0.15) is 0 Å². The maximum absolute atomic E-state index is 3.56. The molecule has 220 valence electrons. The summed E-state index contributed by atoms with van der Waals surface area (Å²) >= 11 is 0. The highest BCUT2D eigenvalue weighted by Crippen LogP contribution is 2.34. The van der Waals surface area contributed by atoms with Crippen LogP contribution in [0.15, 0.2) is 164 Å². The van der Waals surface area contributed by atoms with E-state index in [1.165, 1.54) is 72.0 Å². The van der Waals surface area contributed by atoms with Crippen molar-refractivity contribution in [3.05, 3.63) is 175 Å². The van der Waals surface area contributed by atoms with Crippen LogP contribution in [0.1, 0.15) is 11.1 Å². The van der Waals surface area contributed by atoms with Gasteiger partial charge < -0.3 is 9.88 Å². The van der Waals surface area contributed by atoms with Crippen LogP contribution in [-0.4, -0.2) is 4.57 Å². The molecular formula is C44H34N2. The fraction of sp³-hybridized carbons (Fsp3) is 0.0455. The van der Waals surface area contributed by atoms with E-state index < -0.39 is 0 Å². The largest absolute Gasteiger partial charge is 0.356 e. The maximum Gasteiger partial charge on any atom is 0.0541 e. The minimum atomic E-state index is 1.07. The normalized spacial score (nSPS) is 11.3. The molecule has 8 aromatic rings. The lowest BCUT2D eigenvalue weighted by molar-refractivity contribution is 1.18. The molecule has 0 aliphatic rings. The SMILES string of the molecule is Cc1ccc2c(c1)c1cc(C)ccc1n2-c1ccc(-c2ccc(Nc3ccc(-c4ccc(-c5ccccc5)cc4)cc3)cc2)cc1. The van der Waals surface area contributed by atoms with E-state index in [1.807, 2.05) is 0 Å². The predicted octanol–water partition coefficient (Wildman–Crippen LogP) is 12.1. The first-order chi connectivity index (χ1) is 22.6. The Morgan fingerprint density at radius 1 is 0.370 bits per heavy atom. The molecule has 7 aromatic carbocycles. The zero-order valence-corrected chi connectivity index (χ0v) is 26.0. The van der Waals surface area contributed by atoms with Crippen molar-refractivity contribution in [3.8, 4) is 39.1 Å². The number of nitrogens with one attached hydrogen (secondary N) is 1. The van der Waals surface area contributed by atoms with E-state index in [0.717, 1.165) is 11.4 Å². The topological polar surface area (TPSA) is 17.0 Å². The number of hydrogen-bond acceptors (Lipinski definition) is 1. The number of fused-ring (bicyclic) bond motifs is 3. The molecule has 8 rings (SSSR count).